The second kappa shape index (κ2) is 7.13. The summed E-state index contributed by atoms with van der Waals surface area (Å²) >= 11 is 1.66. The van der Waals surface area contributed by atoms with E-state index in [1.54, 1.807) is 17.7 Å². The maximum absolute atomic E-state index is 8.68. The second-order valence-corrected chi connectivity index (χ2v) is 5.90. The highest BCUT2D eigenvalue weighted by atomic mass is 32.1. The van der Waals surface area contributed by atoms with E-state index in [0.29, 0.717) is 13.2 Å². The van der Waals surface area contributed by atoms with Crippen molar-refractivity contribution < 1.29 is 9.84 Å². The first-order valence-corrected chi connectivity index (χ1v) is 8.10. The van der Waals surface area contributed by atoms with Gasteiger partial charge in [-0.05, 0) is 11.4 Å². The molecule has 0 radical (unpaired) electrons. The summed E-state index contributed by atoms with van der Waals surface area (Å²) in [4.78, 5) is 14.5. The fourth-order valence-electron chi connectivity index (χ4n) is 2.57. The average Bonchev–Trinajstić information content (AvgIpc) is 3.01. The van der Waals surface area contributed by atoms with Crippen LogP contribution in [0.15, 0.2) is 17.8 Å². The van der Waals surface area contributed by atoms with Crippen molar-refractivity contribution in [1.82, 2.24) is 14.9 Å². The Hall–Kier alpha value is -1.28. The van der Waals surface area contributed by atoms with Crippen LogP contribution in [0.1, 0.15) is 0 Å². The molecule has 1 aliphatic rings. The number of rotatable bonds is 6. The Morgan fingerprint density at radius 3 is 2.86 bits per heavy atom. The first-order chi connectivity index (χ1) is 10.4. The maximum atomic E-state index is 8.68. The molecular weight excluding hydrogens is 288 g/mol. The van der Waals surface area contributed by atoms with Gasteiger partial charge in [-0.1, -0.05) is 0 Å². The minimum Gasteiger partial charge on any atom is -0.394 e. The Morgan fingerprint density at radius 2 is 2.05 bits per heavy atom. The van der Waals surface area contributed by atoms with E-state index in [4.69, 9.17) is 9.84 Å². The standard InChI is InChI=1S/C14H20N4O2S/c19-7-9-20-8-6-17-2-4-18(5-3-17)13-12-1-10-21-14(12)16-11-15-13/h1,10-11,19H,2-9H2. The van der Waals surface area contributed by atoms with Crippen molar-refractivity contribution in [1.29, 1.82) is 0 Å². The van der Waals surface area contributed by atoms with Crippen LogP contribution in [-0.2, 0) is 4.74 Å². The number of fused-ring (bicyclic) bond motifs is 1. The molecule has 1 N–H and O–H groups in total. The molecule has 0 spiro atoms. The lowest BCUT2D eigenvalue weighted by molar-refractivity contribution is 0.0724. The fraction of sp³-hybridized carbons (Fsp3) is 0.571. The number of hydrogen-bond acceptors (Lipinski definition) is 7. The minimum atomic E-state index is 0.0954. The molecule has 1 fully saturated rings. The van der Waals surface area contributed by atoms with Crippen molar-refractivity contribution in [3.8, 4) is 0 Å². The van der Waals surface area contributed by atoms with Gasteiger partial charge >= 0.3 is 0 Å². The van der Waals surface area contributed by atoms with Gasteiger partial charge in [0.2, 0.25) is 0 Å². The molecule has 114 valence electrons. The minimum absolute atomic E-state index is 0.0954. The topological polar surface area (TPSA) is 61.7 Å². The Bertz CT molecular complexity index is 569. The summed E-state index contributed by atoms with van der Waals surface area (Å²) < 4.78 is 5.32. The number of nitrogens with zero attached hydrogens (tertiary/aromatic N) is 4. The van der Waals surface area contributed by atoms with Crippen LogP contribution in [0.5, 0.6) is 0 Å². The van der Waals surface area contributed by atoms with Crippen LogP contribution in [0.4, 0.5) is 5.82 Å². The van der Waals surface area contributed by atoms with Gasteiger partial charge in [-0.2, -0.15) is 0 Å². The summed E-state index contributed by atoms with van der Waals surface area (Å²) in [5.41, 5.74) is 0. The molecule has 0 amide bonds. The molecule has 3 rings (SSSR count). The third-order valence-electron chi connectivity index (χ3n) is 3.70. The smallest absolute Gasteiger partial charge is 0.140 e. The molecule has 2 aromatic heterocycles. The molecule has 6 nitrogen and oxygen atoms in total. The molecular formula is C14H20N4O2S. The molecule has 0 bridgehead atoms. The zero-order valence-corrected chi connectivity index (χ0v) is 12.8. The molecule has 0 aromatic carbocycles. The predicted molar refractivity (Wildman–Crippen MR) is 84.0 cm³/mol. The van der Waals surface area contributed by atoms with Gasteiger partial charge in [0.25, 0.3) is 0 Å². The normalized spacial score (nSPS) is 16.7. The van der Waals surface area contributed by atoms with Crippen LogP contribution in [0, 0.1) is 0 Å². The highest BCUT2D eigenvalue weighted by Crippen LogP contribution is 2.27. The van der Waals surface area contributed by atoms with Crippen molar-refractivity contribution in [3.05, 3.63) is 17.8 Å². The van der Waals surface area contributed by atoms with Gasteiger partial charge in [0.05, 0.1) is 25.2 Å². The fourth-order valence-corrected chi connectivity index (χ4v) is 3.30. The second-order valence-electron chi connectivity index (χ2n) is 5.00. The lowest BCUT2D eigenvalue weighted by atomic mass is 10.3. The van der Waals surface area contributed by atoms with Gasteiger partial charge in [0, 0.05) is 32.7 Å². The van der Waals surface area contributed by atoms with Crippen molar-refractivity contribution in [3.63, 3.8) is 0 Å². The lowest BCUT2D eigenvalue weighted by Crippen LogP contribution is -2.47. The highest BCUT2D eigenvalue weighted by molar-refractivity contribution is 7.16. The van der Waals surface area contributed by atoms with Crippen LogP contribution >= 0.6 is 11.3 Å². The van der Waals surface area contributed by atoms with Crippen LogP contribution in [0.25, 0.3) is 10.2 Å². The number of piperazine rings is 1. The van der Waals surface area contributed by atoms with Crippen LogP contribution in [0.2, 0.25) is 0 Å². The number of hydrogen-bond donors (Lipinski definition) is 1. The Morgan fingerprint density at radius 1 is 1.19 bits per heavy atom. The summed E-state index contributed by atoms with van der Waals surface area (Å²) in [5.74, 6) is 1.05. The molecule has 1 saturated heterocycles. The van der Waals surface area contributed by atoms with Gasteiger partial charge in [-0.25, -0.2) is 9.97 Å². The number of aliphatic hydroxyl groups excluding tert-OH is 1. The number of thiophene rings is 1. The molecule has 21 heavy (non-hydrogen) atoms. The van der Waals surface area contributed by atoms with E-state index in [1.807, 2.05) is 0 Å². The molecule has 0 unspecified atom stereocenters. The van der Waals surface area contributed by atoms with E-state index in [2.05, 4.69) is 31.2 Å². The van der Waals surface area contributed by atoms with E-state index in [0.717, 1.165) is 48.8 Å². The van der Waals surface area contributed by atoms with Gasteiger partial charge in [-0.3, -0.25) is 4.90 Å². The molecule has 0 saturated carbocycles. The first kappa shape index (κ1) is 14.6. The third kappa shape index (κ3) is 3.49. The Kier molecular flexibility index (Phi) is 4.97. The zero-order chi connectivity index (χ0) is 14.5. The van der Waals surface area contributed by atoms with Crippen molar-refractivity contribution >= 4 is 27.4 Å². The summed E-state index contributed by atoms with van der Waals surface area (Å²) in [6.45, 7) is 6.10. The largest absolute Gasteiger partial charge is 0.394 e. The van der Waals surface area contributed by atoms with Crippen molar-refractivity contribution in [2.45, 2.75) is 0 Å². The van der Waals surface area contributed by atoms with E-state index < -0.39 is 0 Å². The summed E-state index contributed by atoms with van der Waals surface area (Å²) in [6.07, 6.45) is 1.66. The van der Waals surface area contributed by atoms with Gasteiger partial charge < -0.3 is 14.7 Å². The number of anilines is 1. The number of ether oxygens (including phenoxy) is 1. The monoisotopic (exact) mass is 308 g/mol. The van der Waals surface area contributed by atoms with Crippen LogP contribution < -0.4 is 4.90 Å². The SMILES string of the molecule is OCCOCCN1CCN(c2ncnc3sccc23)CC1. The third-order valence-corrected chi connectivity index (χ3v) is 4.52. The van der Waals surface area contributed by atoms with Crippen molar-refractivity contribution in [2.75, 3.05) is 57.4 Å². The average molecular weight is 308 g/mol. The van der Waals surface area contributed by atoms with Crippen molar-refractivity contribution in [2.24, 2.45) is 0 Å². The number of aromatic nitrogens is 2. The highest BCUT2D eigenvalue weighted by Gasteiger charge is 2.19. The molecule has 7 heteroatoms. The lowest BCUT2D eigenvalue weighted by Gasteiger charge is -2.35. The van der Waals surface area contributed by atoms with Crippen LogP contribution in [0.3, 0.4) is 0 Å². The molecule has 0 atom stereocenters. The molecule has 3 heterocycles. The summed E-state index contributed by atoms with van der Waals surface area (Å²) in [7, 11) is 0. The maximum Gasteiger partial charge on any atom is 0.140 e. The molecule has 2 aromatic rings. The Balaban J connectivity index is 1.55. The van der Waals surface area contributed by atoms with E-state index in [9.17, 15) is 0 Å². The zero-order valence-electron chi connectivity index (χ0n) is 11.9. The predicted octanol–water partition coefficient (Wildman–Crippen LogP) is 0.822. The van der Waals surface area contributed by atoms with Crippen LogP contribution in [-0.4, -0.2) is 72.5 Å². The summed E-state index contributed by atoms with van der Waals surface area (Å²) in [6, 6.07) is 2.10. The summed E-state index contributed by atoms with van der Waals surface area (Å²) in [5, 5.41) is 11.9. The molecule has 1 aliphatic heterocycles. The van der Waals surface area contributed by atoms with E-state index in [-0.39, 0.29) is 6.61 Å². The van der Waals surface area contributed by atoms with Gasteiger partial charge in [0.1, 0.15) is 17.0 Å². The number of aliphatic hydroxyl groups is 1. The van der Waals surface area contributed by atoms with Gasteiger partial charge in [0.15, 0.2) is 0 Å². The molecule has 0 aliphatic carbocycles. The van der Waals surface area contributed by atoms with E-state index in [1.165, 1.54) is 0 Å². The van der Waals surface area contributed by atoms with Gasteiger partial charge in [-0.15, -0.1) is 11.3 Å². The first-order valence-electron chi connectivity index (χ1n) is 7.22. The quantitative estimate of drug-likeness (QED) is 0.797. The Labute approximate surface area is 128 Å². The van der Waals surface area contributed by atoms with E-state index >= 15 is 0 Å².